The Kier molecular flexibility index (Phi) is 3.36. The van der Waals surface area contributed by atoms with Gasteiger partial charge < -0.3 is 10.8 Å². The molecule has 0 saturated heterocycles. The normalized spacial score (nSPS) is 12.9. The van der Waals surface area contributed by atoms with E-state index in [0.717, 1.165) is 0 Å². The van der Waals surface area contributed by atoms with E-state index in [4.69, 9.17) is 5.73 Å². The summed E-state index contributed by atoms with van der Waals surface area (Å²) < 4.78 is 1.34. The summed E-state index contributed by atoms with van der Waals surface area (Å²) in [6.45, 7) is -0.132. The van der Waals surface area contributed by atoms with Gasteiger partial charge in [0.25, 0.3) is 5.91 Å². The van der Waals surface area contributed by atoms with E-state index < -0.39 is 6.03 Å². The van der Waals surface area contributed by atoms with Crippen molar-refractivity contribution in [3.8, 4) is 11.3 Å². The van der Waals surface area contributed by atoms with E-state index in [2.05, 4.69) is 16.6 Å². The predicted octanol–water partition coefficient (Wildman–Crippen LogP) is 1.60. The Morgan fingerprint density at radius 3 is 2.96 bits per heavy atom. The summed E-state index contributed by atoms with van der Waals surface area (Å²) in [4.78, 5) is 24.4. The number of rotatable bonds is 2. The molecule has 4 N–H and O–H groups in total. The molecule has 0 aliphatic carbocycles. The molecule has 0 spiro atoms. The number of benzene rings is 2. The van der Waals surface area contributed by atoms with Gasteiger partial charge in [-0.2, -0.15) is 5.10 Å². The van der Waals surface area contributed by atoms with Crippen LogP contribution in [0.25, 0.3) is 22.2 Å². The molecule has 0 atom stereocenters. The molecule has 7 nitrogen and oxygen atoms in total. The van der Waals surface area contributed by atoms with Crippen molar-refractivity contribution in [3.63, 3.8) is 0 Å². The zero-order valence-corrected chi connectivity index (χ0v) is 13.0. The van der Waals surface area contributed by atoms with Crippen molar-refractivity contribution >= 4 is 29.1 Å². The number of aromatic nitrogens is 1. The topological polar surface area (TPSA) is 110 Å². The molecular weight excluding hydrogens is 320 g/mol. The number of carbonyl (C=O) groups excluding carboxylic acids is 2. The molecule has 1 aromatic heterocycles. The first-order valence-corrected chi connectivity index (χ1v) is 7.53. The van der Waals surface area contributed by atoms with Crippen LogP contribution in [0.4, 0.5) is 4.79 Å². The summed E-state index contributed by atoms with van der Waals surface area (Å²) in [7, 11) is 0. The molecule has 1 radical (unpaired) electrons. The van der Waals surface area contributed by atoms with Crippen LogP contribution in [0.3, 0.4) is 0 Å². The minimum absolute atomic E-state index is 0.132. The Morgan fingerprint density at radius 2 is 2.20 bits per heavy atom. The average Bonchev–Trinajstić information content (AvgIpc) is 2.86. The van der Waals surface area contributed by atoms with Crippen molar-refractivity contribution in [1.29, 1.82) is 0 Å². The molecule has 1 aliphatic rings. The van der Waals surface area contributed by atoms with Crippen molar-refractivity contribution in [1.82, 2.24) is 9.99 Å². The second-order valence-electron chi connectivity index (χ2n) is 5.62. The molecule has 1 aliphatic heterocycles. The van der Waals surface area contributed by atoms with Gasteiger partial charge in [0.15, 0.2) is 0 Å². The monoisotopic (exact) mass is 333 g/mol. The Morgan fingerprint density at radius 1 is 1.36 bits per heavy atom. The van der Waals surface area contributed by atoms with Crippen molar-refractivity contribution < 1.29 is 14.7 Å². The predicted molar refractivity (Wildman–Crippen MR) is 92.2 cm³/mol. The van der Waals surface area contributed by atoms with Crippen LogP contribution in [0, 0.1) is 6.07 Å². The van der Waals surface area contributed by atoms with Gasteiger partial charge in [-0.3, -0.25) is 9.36 Å². The van der Waals surface area contributed by atoms with Gasteiger partial charge in [0.2, 0.25) is 0 Å². The van der Waals surface area contributed by atoms with Crippen LogP contribution in [0.5, 0.6) is 0 Å². The SMILES string of the molecule is NC(=O)n1c(-c2cccc(CO)c2)c2c3c(c[c]cc31)C(=O)NN=C2. The molecule has 3 aromatic rings. The molecule has 0 saturated carbocycles. The quantitative estimate of drug-likeness (QED) is 0.662. The lowest BCUT2D eigenvalue weighted by atomic mass is 10.0. The maximum atomic E-state index is 12.2. The number of hydrazone groups is 1. The smallest absolute Gasteiger partial charge is 0.323 e. The maximum Gasteiger partial charge on any atom is 0.323 e. The molecule has 0 fully saturated rings. The van der Waals surface area contributed by atoms with Crippen LogP contribution in [0.15, 0.2) is 41.5 Å². The van der Waals surface area contributed by atoms with Gasteiger partial charge in [-0.25, -0.2) is 10.2 Å². The number of carbonyl (C=O) groups is 2. The van der Waals surface area contributed by atoms with E-state index in [1.165, 1.54) is 10.8 Å². The van der Waals surface area contributed by atoms with Crippen LogP contribution < -0.4 is 11.2 Å². The van der Waals surface area contributed by atoms with E-state index in [1.807, 2.05) is 0 Å². The zero-order valence-electron chi connectivity index (χ0n) is 13.0. The summed E-state index contributed by atoms with van der Waals surface area (Å²) in [5.41, 5.74) is 11.4. The van der Waals surface area contributed by atoms with Gasteiger partial charge in [-0.05, 0) is 35.4 Å². The standard InChI is InChI=1S/C18H13N4O3/c19-18(25)22-14-6-2-5-12-15(14)13(8-20-21-17(12)24)16(22)11-4-1-3-10(7-11)9-23/h1,3-8,23H,9H2,(H2,19,25)(H,21,24). The molecule has 0 bridgehead atoms. The Labute approximate surface area is 142 Å². The highest BCUT2D eigenvalue weighted by Crippen LogP contribution is 2.35. The fourth-order valence-electron chi connectivity index (χ4n) is 3.16. The third kappa shape index (κ3) is 2.21. The van der Waals surface area contributed by atoms with E-state index in [9.17, 15) is 14.7 Å². The fourth-order valence-corrected chi connectivity index (χ4v) is 3.16. The highest BCUT2D eigenvalue weighted by Gasteiger charge is 2.26. The van der Waals surface area contributed by atoms with Crippen LogP contribution in [-0.2, 0) is 6.61 Å². The van der Waals surface area contributed by atoms with Crippen LogP contribution >= 0.6 is 0 Å². The number of nitrogens with two attached hydrogens (primary N) is 1. The van der Waals surface area contributed by atoms with Gasteiger partial charge in [-0.1, -0.05) is 18.2 Å². The van der Waals surface area contributed by atoms with Gasteiger partial charge in [0, 0.05) is 10.9 Å². The lowest BCUT2D eigenvalue weighted by molar-refractivity contribution is 0.0957. The fraction of sp³-hybridized carbons (Fsp3) is 0.0556. The molecule has 2 amide bonds. The number of hydrogen-bond donors (Lipinski definition) is 3. The molecule has 25 heavy (non-hydrogen) atoms. The zero-order chi connectivity index (χ0) is 17.6. The summed E-state index contributed by atoms with van der Waals surface area (Å²) >= 11 is 0. The second kappa shape index (κ2) is 5.57. The lowest BCUT2D eigenvalue weighted by Crippen LogP contribution is -2.21. The summed E-state index contributed by atoms with van der Waals surface area (Å²) in [6.07, 6.45) is 1.50. The van der Waals surface area contributed by atoms with Crippen LogP contribution in [-0.4, -0.2) is 27.8 Å². The van der Waals surface area contributed by atoms with Crippen molar-refractivity contribution in [3.05, 3.63) is 59.2 Å². The number of primary amides is 1. The number of nitrogens with one attached hydrogen (secondary N) is 1. The first-order valence-electron chi connectivity index (χ1n) is 7.53. The highest BCUT2D eigenvalue weighted by atomic mass is 16.3. The Bertz CT molecular complexity index is 1070. The summed E-state index contributed by atoms with van der Waals surface area (Å²) in [5.74, 6) is -0.380. The van der Waals surface area contributed by atoms with Gasteiger partial charge in [0.05, 0.1) is 29.6 Å². The Hall–Kier alpha value is -3.45. The van der Waals surface area contributed by atoms with Gasteiger partial charge in [0.1, 0.15) is 0 Å². The van der Waals surface area contributed by atoms with Crippen LogP contribution in [0.2, 0.25) is 0 Å². The van der Waals surface area contributed by atoms with E-state index in [1.54, 1.807) is 36.4 Å². The minimum atomic E-state index is -0.680. The average molecular weight is 333 g/mol. The first kappa shape index (κ1) is 15.1. The number of aliphatic hydroxyl groups is 1. The van der Waals surface area contributed by atoms with Crippen molar-refractivity contribution in [2.45, 2.75) is 6.61 Å². The molecule has 2 heterocycles. The van der Waals surface area contributed by atoms with Gasteiger partial charge in [-0.15, -0.1) is 0 Å². The third-order valence-electron chi connectivity index (χ3n) is 4.17. The largest absolute Gasteiger partial charge is 0.392 e. The van der Waals surface area contributed by atoms with E-state index in [0.29, 0.717) is 38.9 Å². The second-order valence-corrected chi connectivity index (χ2v) is 5.62. The molecule has 0 unspecified atom stereocenters. The van der Waals surface area contributed by atoms with Crippen molar-refractivity contribution in [2.75, 3.05) is 0 Å². The Balaban J connectivity index is 2.17. The number of aliphatic hydroxyl groups excluding tert-OH is 1. The lowest BCUT2D eigenvalue weighted by Gasteiger charge is -2.09. The highest BCUT2D eigenvalue weighted by molar-refractivity contribution is 6.19. The molecule has 2 aromatic carbocycles. The van der Waals surface area contributed by atoms with Gasteiger partial charge >= 0.3 is 6.03 Å². The summed E-state index contributed by atoms with van der Waals surface area (Å²) in [6, 6.07) is 12.5. The number of hydrogen-bond acceptors (Lipinski definition) is 4. The number of amides is 2. The first-order chi connectivity index (χ1) is 12.1. The maximum absolute atomic E-state index is 12.2. The minimum Gasteiger partial charge on any atom is -0.392 e. The van der Waals surface area contributed by atoms with E-state index in [-0.39, 0.29) is 12.5 Å². The third-order valence-corrected chi connectivity index (χ3v) is 4.17. The van der Waals surface area contributed by atoms with Crippen LogP contribution in [0.1, 0.15) is 21.5 Å². The molecule has 7 heteroatoms. The molecule has 4 rings (SSSR count). The molecule has 123 valence electrons. The number of nitrogens with zero attached hydrogens (tertiary/aromatic N) is 2. The van der Waals surface area contributed by atoms with E-state index >= 15 is 0 Å². The molecular formula is C18H13N4O3. The van der Waals surface area contributed by atoms with Crippen molar-refractivity contribution in [2.24, 2.45) is 10.8 Å². The summed E-state index contributed by atoms with van der Waals surface area (Å²) in [5, 5.41) is 13.9.